The highest BCUT2D eigenvalue weighted by atomic mass is 35.5. The van der Waals surface area contributed by atoms with E-state index in [2.05, 4.69) is 29.6 Å². The standard InChI is InChI=1S/C25H33ClN6OS/c1-3-13-27-21-20-17-29-32(22(20)31-24(30-21)34-16-4-2)15-14-28-23(33)25(11-5-6-12-25)18-7-9-19(26)10-8-18/h7-10,17H,3-6,11-16H2,1-2H3,(H,28,33)(H,27,30,31). The summed E-state index contributed by atoms with van der Waals surface area (Å²) in [6.07, 6.45) is 7.73. The van der Waals surface area contributed by atoms with Crippen LogP contribution in [0.15, 0.2) is 35.6 Å². The van der Waals surface area contributed by atoms with Gasteiger partial charge < -0.3 is 10.6 Å². The van der Waals surface area contributed by atoms with E-state index < -0.39 is 5.41 Å². The van der Waals surface area contributed by atoms with Crippen molar-refractivity contribution in [2.45, 2.75) is 69.5 Å². The Labute approximate surface area is 210 Å². The van der Waals surface area contributed by atoms with Crippen LogP contribution in [0.25, 0.3) is 11.0 Å². The molecular formula is C25H33ClN6OS. The molecule has 1 saturated carbocycles. The molecule has 0 saturated heterocycles. The van der Waals surface area contributed by atoms with E-state index in [0.29, 0.717) is 18.1 Å². The van der Waals surface area contributed by atoms with E-state index in [-0.39, 0.29) is 5.91 Å². The molecular weight excluding hydrogens is 468 g/mol. The van der Waals surface area contributed by atoms with Crippen molar-refractivity contribution in [3.8, 4) is 0 Å². The van der Waals surface area contributed by atoms with Crippen molar-refractivity contribution < 1.29 is 4.79 Å². The Bertz CT molecular complexity index is 1110. The summed E-state index contributed by atoms with van der Waals surface area (Å²) in [6, 6.07) is 7.73. The molecule has 0 radical (unpaired) electrons. The van der Waals surface area contributed by atoms with E-state index in [9.17, 15) is 4.79 Å². The first-order chi connectivity index (χ1) is 16.6. The summed E-state index contributed by atoms with van der Waals surface area (Å²) in [4.78, 5) is 22.9. The molecule has 9 heteroatoms. The Morgan fingerprint density at radius 2 is 1.88 bits per heavy atom. The van der Waals surface area contributed by atoms with Crippen LogP contribution < -0.4 is 10.6 Å². The first-order valence-electron chi connectivity index (χ1n) is 12.2. The van der Waals surface area contributed by atoms with Crippen LogP contribution in [0.5, 0.6) is 0 Å². The number of carbonyl (C=O) groups is 1. The van der Waals surface area contributed by atoms with Gasteiger partial charge in [-0.25, -0.2) is 14.6 Å². The summed E-state index contributed by atoms with van der Waals surface area (Å²) in [7, 11) is 0. The van der Waals surface area contributed by atoms with Crippen molar-refractivity contribution in [2.24, 2.45) is 0 Å². The molecule has 34 heavy (non-hydrogen) atoms. The molecule has 1 aliphatic rings. The lowest BCUT2D eigenvalue weighted by atomic mass is 9.78. The lowest BCUT2D eigenvalue weighted by Crippen LogP contribution is -2.43. The number of amides is 1. The maximum atomic E-state index is 13.4. The van der Waals surface area contributed by atoms with E-state index in [1.807, 2.05) is 35.1 Å². The van der Waals surface area contributed by atoms with Crippen molar-refractivity contribution >= 4 is 46.1 Å². The first kappa shape index (κ1) is 24.8. The predicted octanol–water partition coefficient (Wildman–Crippen LogP) is 5.43. The minimum atomic E-state index is -0.472. The SMILES string of the molecule is CCCNc1nc(SCCC)nc2c1cnn2CCNC(=O)C1(c2ccc(Cl)cc2)CCCC1. The van der Waals surface area contributed by atoms with Crippen molar-refractivity contribution in [3.05, 3.63) is 41.0 Å². The van der Waals surface area contributed by atoms with Crippen LogP contribution in [0, 0.1) is 0 Å². The Balaban J connectivity index is 1.49. The molecule has 2 N–H and O–H groups in total. The molecule has 0 aliphatic heterocycles. The number of hydrogen-bond acceptors (Lipinski definition) is 6. The third-order valence-corrected chi connectivity index (χ3v) is 7.66. The number of hydrogen-bond donors (Lipinski definition) is 2. The second-order valence-corrected chi connectivity index (χ2v) is 10.3. The number of fused-ring (bicyclic) bond motifs is 1. The predicted molar refractivity (Wildman–Crippen MR) is 140 cm³/mol. The molecule has 1 amide bonds. The fourth-order valence-corrected chi connectivity index (χ4v) is 5.39. The number of benzene rings is 1. The van der Waals surface area contributed by atoms with Crippen LogP contribution in [0.1, 0.15) is 57.9 Å². The first-order valence-corrected chi connectivity index (χ1v) is 13.6. The van der Waals surface area contributed by atoms with Crippen molar-refractivity contribution in [1.82, 2.24) is 25.1 Å². The van der Waals surface area contributed by atoms with E-state index in [1.165, 1.54) is 0 Å². The molecule has 1 aromatic carbocycles. The number of nitrogens with one attached hydrogen (secondary N) is 2. The van der Waals surface area contributed by atoms with Gasteiger partial charge in [0.2, 0.25) is 5.91 Å². The summed E-state index contributed by atoms with van der Waals surface area (Å²) >= 11 is 7.74. The molecule has 0 bridgehead atoms. The van der Waals surface area contributed by atoms with Gasteiger partial charge in [0.15, 0.2) is 10.8 Å². The zero-order valence-corrected chi connectivity index (χ0v) is 21.5. The van der Waals surface area contributed by atoms with Crippen molar-refractivity contribution in [1.29, 1.82) is 0 Å². The molecule has 1 aliphatic carbocycles. The summed E-state index contributed by atoms with van der Waals surface area (Å²) in [6.45, 7) is 6.16. The van der Waals surface area contributed by atoms with Crippen molar-refractivity contribution in [3.63, 3.8) is 0 Å². The summed E-state index contributed by atoms with van der Waals surface area (Å²) in [5, 5.41) is 13.5. The number of halogens is 1. The van der Waals surface area contributed by atoms with Gasteiger partial charge >= 0.3 is 0 Å². The lowest BCUT2D eigenvalue weighted by Gasteiger charge is -2.28. The fraction of sp³-hybridized carbons (Fsp3) is 0.520. The van der Waals surface area contributed by atoms with Crippen LogP contribution in [0.2, 0.25) is 5.02 Å². The average molecular weight is 501 g/mol. The van der Waals surface area contributed by atoms with Gasteiger partial charge in [0.1, 0.15) is 5.82 Å². The van der Waals surface area contributed by atoms with Crippen LogP contribution in [-0.2, 0) is 16.8 Å². The Morgan fingerprint density at radius 3 is 2.59 bits per heavy atom. The van der Waals surface area contributed by atoms with E-state index in [1.54, 1.807) is 11.8 Å². The fourth-order valence-electron chi connectivity index (χ4n) is 4.57. The highest BCUT2D eigenvalue weighted by molar-refractivity contribution is 7.99. The number of rotatable bonds is 11. The lowest BCUT2D eigenvalue weighted by molar-refractivity contribution is -0.126. The quantitative estimate of drug-likeness (QED) is 0.269. The van der Waals surface area contributed by atoms with Gasteiger partial charge in [-0.15, -0.1) is 0 Å². The number of aromatic nitrogens is 4. The zero-order valence-electron chi connectivity index (χ0n) is 19.9. The maximum absolute atomic E-state index is 13.4. The number of carbonyl (C=O) groups excluding carboxylic acids is 1. The van der Waals surface area contributed by atoms with Gasteiger partial charge in [-0.05, 0) is 43.4 Å². The maximum Gasteiger partial charge on any atom is 0.230 e. The third kappa shape index (κ3) is 5.33. The molecule has 1 fully saturated rings. The Kier molecular flexibility index (Phi) is 8.32. The van der Waals surface area contributed by atoms with Crippen LogP contribution in [0.4, 0.5) is 5.82 Å². The highest BCUT2D eigenvalue weighted by Gasteiger charge is 2.42. The van der Waals surface area contributed by atoms with Crippen LogP contribution >= 0.6 is 23.4 Å². The third-order valence-electron chi connectivity index (χ3n) is 6.35. The smallest absolute Gasteiger partial charge is 0.230 e. The number of nitrogens with zero attached hydrogens (tertiary/aromatic N) is 4. The molecule has 182 valence electrons. The van der Waals surface area contributed by atoms with Gasteiger partial charge in [-0.3, -0.25) is 4.79 Å². The molecule has 2 heterocycles. The minimum absolute atomic E-state index is 0.0860. The van der Waals surface area contributed by atoms with Gasteiger partial charge in [0.05, 0.1) is 23.5 Å². The average Bonchev–Trinajstić information content (AvgIpc) is 3.50. The largest absolute Gasteiger partial charge is 0.369 e. The minimum Gasteiger partial charge on any atom is -0.369 e. The topological polar surface area (TPSA) is 84.7 Å². The molecule has 0 atom stereocenters. The van der Waals surface area contributed by atoms with Gasteiger partial charge in [0, 0.05) is 23.9 Å². The molecule has 4 rings (SSSR count). The van der Waals surface area contributed by atoms with Crippen LogP contribution in [-0.4, -0.2) is 44.5 Å². The molecule has 0 unspecified atom stereocenters. The van der Waals surface area contributed by atoms with Gasteiger partial charge in [-0.2, -0.15) is 5.10 Å². The second kappa shape index (κ2) is 11.4. The normalized spacial score (nSPS) is 15.0. The molecule has 2 aromatic heterocycles. The second-order valence-electron chi connectivity index (χ2n) is 8.79. The number of anilines is 1. The molecule has 3 aromatic rings. The monoisotopic (exact) mass is 500 g/mol. The van der Waals surface area contributed by atoms with E-state index in [4.69, 9.17) is 21.6 Å². The van der Waals surface area contributed by atoms with Gasteiger partial charge in [0.25, 0.3) is 0 Å². The molecule has 7 nitrogen and oxygen atoms in total. The summed E-state index contributed by atoms with van der Waals surface area (Å²) in [5.41, 5.74) is 1.38. The van der Waals surface area contributed by atoms with Gasteiger partial charge in [-0.1, -0.05) is 62.2 Å². The highest BCUT2D eigenvalue weighted by Crippen LogP contribution is 2.41. The van der Waals surface area contributed by atoms with Crippen molar-refractivity contribution in [2.75, 3.05) is 24.2 Å². The van der Waals surface area contributed by atoms with Crippen LogP contribution in [0.3, 0.4) is 0 Å². The van der Waals surface area contributed by atoms with E-state index >= 15 is 0 Å². The summed E-state index contributed by atoms with van der Waals surface area (Å²) in [5.74, 6) is 1.88. The molecule has 0 spiro atoms. The van der Waals surface area contributed by atoms with E-state index in [0.717, 1.165) is 78.4 Å². The Hall–Kier alpha value is -2.32. The summed E-state index contributed by atoms with van der Waals surface area (Å²) < 4.78 is 1.87. The number of thioether (sulfide) groups is 1. The zero-order chi connectivity index (χ0) is 24.0. The Morgan fingerprint density at radius 1 is 1.12 bits per heavy atom.